The van der Waals surface area contributed by atoms with Crippen LogP contribution in [0, 0.1) is 34.3 Å². The topological polar surface area (TPSA) is 43.1 Å². The Hall–Kier alpha value is -1.56. The second-order valence-electron chi connectivity index (χ2n) is 3.96. The molecule has 0 amide bonds. The highest BCUT2D eigenvalue weighted by Crippen LogP contribution is 2.25. The van der Waals surface area contributed by atoms with Crippen molar-refractivity contribution in [1.82, 2.24) is 0 Å². The lowest BCUT2D eigenvalue weighted by atomic mass is 9.90. The molecular formula is C12H15NO2. The van der Waals surface area contributed by atoms with Crippen LogP contribution in [0.25, 0.3) is 0 Å². The summed E-state index contributed by atoms with van der Waals surface area (Å²) in [7, 11) is 0. The Bertz CT molecular complexity index is 360. The average molecular weight is 205 g/mol. The van der Waals surface area contributed by atoms with Gasteiger partial charge < -0.3 is 0 Å². The molecule has 3 nitrogen and oxygen atoms in total. The SMILES string of the molecule is C#CC1/C=C(\C)C(C)CC/C([N+](=O)[O-])=C\1. The fourth-order valence-corrected chi connectivity index (χ4v) is 1.63. The molecule has 0 heterocycles. The first kappa shape index (κ1) is 11.5. The van der Waals surface area contributed by atoms with Gasteiger partial charge in [0.2, 0.25) is 5.70 Å². The number of rotatable bonds is 1. The maximum atomic E-state index is 10.7. The summed E-state index contributed by atoms with van der Waals surface area (Å²) in [5.74, 6) is 2.67. The molecule has 0 radical (unpaired) electrons. The van der Waals surface area contributed by atoms with Gasteiger partial charge in [-0.1, -0.05) is 24.5 Å². The monoisotopic (exact) mass is 205 g/mol. The van der Waals surface area contributed by atoms with E-state index < -0.39 is 0 Å². The molecule has 0 aromatic rings. The maximum absolute atomic E-state index is 10.7. The van der Waals surface area contributed by atoms with E-state index in [0.717, 1.165) is 6.42 Å². The Morgan fingerprint density at radius 3 is 2.80 bits per heavy atom. The third kappa shape index (κ3) is 2.95. The van der Waals surface area contributed by atoms with Gasteiger partial charge in [-0.15, -0.1) is 6.42 Å². The molecule has 2 unspecified atom stereocenters. The second kappa shape index (κ2) is 4.79. The molecule has 2 atom stereocenters. The first-order chi connectivity index (χ1) is 7.04. The fraction of sp³-hybridized carbons (Fsp3) is 0.500. The summed E-state index contributed by atoms with van der Waals surface area (Å²) in [6, 6.07) is 0. The molecule has 0 N–H and O–H groups in total. The van der Waals surface area contributed by atoms with Crippen molar-refractivity contribution < 1.29 is 4.92 Å². The Kier molecular flexibility index (Phi) is 3.68. The minimum absolute atomic E-state index is 0.242. The second-order valence-corrected chi connectivity index (χ2v) is 3.96. The molecule has 0 aromatic heterocycles. The summed E-state index contributed by atoms with van der Waals surface area (Å²) in [6.45, 7) is 4.10. The third-order valence-electron chi connectivity index (χ3n) is 2.85. The lowest BCUT2D eigenvalue weighted by molar-refractivity contribution is -0.428. The highest BCUT2D eigenvalue weighted by atomic mass is 16.6. The maximum Gasteiger partial charge on any atom is 0.243 e. The van der Waals surface area contributed by atoms with Crippen molar-refractivity contribution in [2.24, 2.45) is 11.8 Å². The number of allylic oxidation sites excluding steroid dienone is 4. The van der Waals surface area contributed by atoms with Gasteiger partial charge in [0.05, 0.1) is 10.8 Å². The first-order valence-corrected chi connectivity index (χ1v) is 5.04. The Balaban J connectivity index is 3.02. The quantitative estimate of drug-likeness (QED) is 0.286. The van der Waals surface area contributed by atoms with E-state index in [1.54, 1.807) is 6.08 Å². The zero-order valence-corrected chi connectivity index (χ0v) is 9.06. The number of nitrogens with zero attached hydrogens (tertiary/aromatic N) is 1. The van der Waals surface area contributed by atoms with E-state index in [4.69, 9.17) is 6.42 Å². The Morgan fingerprint density at radius 1 is 1.60 bits per heavy atom. The lowest BCUT2D eigenvalue weighted by Gasteiger charge is -2.15. The molecule has 0 aliphatic heterocycles. The molecule has 0 saturated carbocycles. The number of nitro groups is 1. The van der Waals surface area contributed by atoms with Crippen molar-refractivity contribution in [1.29, 1.82) is 0 Å². The molecule has 0 fully saturated rings. The molecule has 0 saturated heterocycles. The molecule has 0 aromatic carbocycles. The van der Waals surface area contributed by atoms with Crippen LogP contribution < -0.4 is 0 Å². The van der Waals surface area contributed by atoms with E-state index in [2.05, 4.69) is 12.8 Å². The van der Waals surface area contributed by atoms with E-state index in [1.807, 2.05) is 13.0 Å². The average Bonchev–Trinajstić information content (AvgIpc) is 2.18. The van der Waals surface area contributed by atoms with Crippen molar-refractivity contribution in [2.45, 2.75) is 26.7 Å². The van der Waals surface area contributed by atoms with Crippen molar-refractivity contribution >= 4 is 0 Å². The summed E-state index contributed by atoms with van der Waals surface area (Å²) in [5, 5.41) is 10.7. The van der Waals surface area contributed by atoms with Gasteiger partial charge in [-0.3, -0.25) is 10.1 Å². The van der Waals surface area contributed by atoms with Crippen LogP contribution in [-0.4, -0.2) is 4.92 Å². The standard InChI is InChI=1S/C12H15NO2/c1-4-11-7-10(3)9(2)5-6-12(8-11)13(14)15/h1,7-9,11H,5-6H2,2-3H3/b10-7+,12-8+. The van der Waals surface area contributed by atoms with Crippen LogP contribution in [0.3, 0.4) is 0 Å². The summed E-state index contributed by atoms with van der Waals surface area (Å²) in [6.07, 6.45) is 10.2. The van der Waals surface area contributed by atoms with Gasteiger partial charge in [-0.2, -0.15) is 0 Å². The largest absolute Gasteiger partial charge is 0.259 e. The van der Waals surface area contributed by atoms with Crippen molar-refractivity contribution in [2.75, 3.05) is 0 Å². The summed E-state index contributed by atoms with van der Waals surface area (Å²) >= 11 is 0. The third-order valence-corrected chi connectivity index (χ3v) is 2.85. The molecule has 1 aliphatic carbocycles. The van der Waals surface area contributed by atoms with Gasteiger partial charge in [0.15, 0.2) is 0 Å². The molecule has 15 heavy (non-hydrogen) atoms. The number of hydrogen-bond donors (Lipinski definition) is 0. The van der Waals surface area contributed by atoms with E-state index in [0.29, 0.717) is 12.3 Å². The van der Waals surface area contributed by atoms with Crippen LogP contribution in [0.4, 0.5) is 0 Å². The predicted octanol–water partition coefficient (Wildman–Crippen LogP) is 2.77. The fourth-order valence-electron chi connectivity index (χ4n) is 1.63. The molecule has 80 valence electrons. The van der Waals surface area contributed by atoms with E-state index in [1.165, 1.54) is 5.57 Å². The van der Waals surface area contributed by atoms with Crippen molar-refractivity contribution in [3.8, 4) is 12.3 Å². The summed E-state index contributed by atoms with van der Waals surface area (Å²) < 4.78 is 0. The molecule has 1 aliphatic rings. The van der Waals surface area contributed by atoms with E-state index >= 15 is 0 Å². The number of terminal acetylenes is 1. The zero-order chi connectivity index (χ0) is 11.4. The van der Waals surface area contributed by atoms with Crippen LogP contribution >= 0.6 is 0 Å². The highest BCUT2D eigenvalue weighted by molar-refractivity contribution is 5.22. The van der Waals surface area contributed by atoms with Crippen molar-refractivity contribution in [3.63, 3.8) is 0 Å². The van der Waals surface area contributed by atoms with Gasteiger partial charge in [-0.25, -0.2) is 0 Å². The van der Waals surface area contributed by atoms with Gasteiger partial charge in [0, 0.05) is 12.5 Å². The summed E-state index contributed by atoms with van der Waals surface area (Å²) in [4.78, 5) is 10.4. The minimum atomic E-state index is -0.328. The predicted molar refractivity (Wildman–Crippen MR) is 59.6 cm³/mol. The molecule has 0 bridgehead atoms. The van der Waals surface area contributed by atoms with E-state index in [-0.39, 0.29) is 16.5 Å². The molecule has 1 rings (SSSR count). The van der Waals surface area contributed by atoms with Gasteiger partial charge in [-0.05, 0) is 19.3 Å². The molecule has 3 heteroatoms. The summed E-state index contributed by atoms with van der Waals surface area (Å²) in [5.41, 5.74) is 1.46. The van der Waals surface area contributed by atoms with Crippen LogP contribution in [0.15, 0.2) is 23.4 Å². The normalized spacial score (nSPS) is 33.7. The van der Waals surface area contributed by atoms with E-state index in [9.17, 15) is 10.1 Å². The molecule has 0 spiro atoms. The van der Waals surface area contributed by atoms with Crippen LogP contribution in [0.5, 0.6) is 0 Å². The number of hydrogen-bond acceptors (Lipinski definition) is 2. The Morgan fingerprint density at radius 2 is 2.27 bits per heavy atom. The van der Waals surface area contributed by atoms with Crippen molar-refractivity contribution in [3.05, 3.63) is 33.5 Å². The Labute approximate surface area is 90.0 Å². The van der Waals surface area contributed by atoms with Crippen LogP contribution in [0.1, 0.15) is 26.7 Å². The van der Waals surface area contributed by atoms with Gasteiger partial charge in [0.1, 0.15) is 0 Å². The van der Waals surface area contributed by atoms with Gasteiger partial charge >= 0.3 is 0 Å². The first-order valence-electron chi connectivity index (χ1n) is 5.04. The highest BCUT2D eigenvalue weighted by Gasteiger charge is 2.18. The lowest BCUT2D eigenvalue weighted by Crippen LogP contribution is -2.09. The van der Waals surface area contributed by atoms with Crippen LogP contribution in [-0.2, 0) is 0 Å². The molecular weight excluding hydrogens is 190 g/mol. The smallest absolute Gasteiger partial charge is 0.243 e. The minimum Gasteiger partial charge on any atom is -0.259 e. The zero-order valence-electron chi connectivity index (χ0n) is 9.06. The van der Waals surface area contributed by atoms with Crippen LogP contribution in [0.2, 0.25) is 0 Å². The van der Waals surface area contributed by atoms with Gasteiger partial charge in [0.25, 0.3) is 0 Å².